The van der Waals surface area contributed by atoms with Crippen LogP contribution in [0.15, 0.2) is 24.3 Å². The Morgan fingerprint density at radius 2 is 1.87 bits per heavy atom. The third kappa shape index (κ3) is 4.71. The van der Waals surface area contributed by atoms with Gasteiger partial charge >= 0.3 is 12.1 Å². The third-order valence-electron chi connectivity index (χ3n) is 3.89. The molecule has 0 N–H and O–H groups in total. The number of methoxy groups -OCH3 is 1. The van der Waals surface area contributed by atoms with E-state index >= 15 is 0 Å². The van der Waals surface area contributed by atoms with Crippen LogP contribution >= 0.6 is 0 Å². The molecular weight excluding hydrogens is 294 g/mol. The minimum absolute atomic E-state index is 0.0566. The first-order chi connectivity index (χ1) is 10.8. The monoisotopic (exact) mass is 319 g/mol. The van der Waals surface area contributed by atoms with Crippen LogP contribution in [0.3, 0.4) is 0 Å². The van der Waals surface area contributed by atoms with Gasteiger partial charge in [-0.3, -0.25) is 4.79 Å². The molecule has 0 unspecified atom stereocenters. The number of fused-ring (bicyclic) bond motifs is 1. The van der Waals surface area contributed by atoms with Crippen LogP contribution in [0, 0.1) is 0 Å². The quantitative estimate of drug-likeness (QED) is 0.802. The molecular formula is C18H25NO4. The average molecular weight is 319 g/mol. The average Bonchev–Trinajstić information content (AvgIpc) is 2.49. The molecule has 0 saturated heterocycles. The summed E-state index contributed by atoms with van der Waals surface area (Å²) in [5.41, 5.74) is 1.82. The molecule has 1 aliphatic heterocycles. The van der Waals surface area contributed by atoms with E-state index in [9.17, 15) is 9.59 Å². The van der Waals surface area contributed by atoms with E-state index in [2.05, 4.69) is 6.07 Å². The zero-order chi connectivity index (χ0) is 17.0. The van der Waals surface area contributed by atoms with Crippen LogP contribution in [0.2, 0.25) is 0 Å². The summed E-state index contributed by atoms with van der Waals surface area (Å²) in [5.74, 6) is -0.256. The van der Waals surface area contributed by atoms with Crippen molar-refractivity contribution >= 4 is 12.1 Å². The lowest BCUT2D eigenvalue weighted by molar-refractivity contribution is -0.141. The Labute approximate surface area is 137 Å². The van der Waals surface area contributed by atoms with Gasteiger partial charge in [-0.2, -0.15) is 0 Å². The standard InChI is InChI=1S/C18H25NO4/c1-18(2,3)23-17(21)19-12-14-8-6-5-7-13(14)11-15(19)9-10-16(20)22-4/h5-8,15H,9-12H2,1-4H3/t15-/m1/s1. The lowest BCUT2D eigenvalue weighted by atomic mass is 9.92. The Balaban J connectivity index is 2.17. The molecule has 0 fully saturated rings. The van der Waals surface area contributed by atoms with Crippen LogP contribution in [0.5, 0.6) is 0 Å². The van der Waals surface area contributed by atoms with Crippen molar-refractivity contribution in [1.29, 1.82) is 0 Å². The van der Waals surface area contributed by atoms with Crippen LogP contribution in [0.4, 0.5) is 4.79 Å². The fourth-order valence-electron chi connectivity index (χ4n) is 2.77. The summed E-state index contributed by atoms with van der Waals surface area (Å²) in [4.78, 5) is 25.7. The molecule has 5 heteroatoms. The van der Waals surface area contributed by atoms with Gasteiger partial charge in [-0.15, -0.1) is 0 Å². The van der Waals surface area contributed by atoms with Crippen LogP contribution in [0.25, 0.3) is 0 Å². The van der Waals surface area contributed by atoms with Gasteiger partial charge in [-0.05, 0) is 44.7 Å². The number of benzene rings is 1. The minimum atomic E-state index is -0.541. The fraction of sp³-hybridized carbons (Fsp3) is 0.556. The second-order valence-electron chi connectivity index (χ2n) is 6.85. The first-order valence-electron chi connectivity index (χ1n) is 7.93. The summed E-state index contributed by atoms with van der Waals surface area (Å²) < 4.78 is 10.2. The van der Waals surface area contributed by atoms with Gasteiger partial charge < -0.3 is 14.4 Å². The molecule has 2 rings (SSSR count). The van der Waals surface area contributed by atoms with Crippen molar-refractivity contribution in [1.82, 2.24) is 4.90 Å². The number of esters is 1. The van der Waals surface area contributed by atoms with Gasteiger partial charge in [0.25, 0.3) is 0 Å². The SMILES string of the molecule is COC(=O)CC[C@@H]1Cc2ccccc2CN1C(=O)OC(C)(C)C. The maximum Gasteiger partial charge on any atom is 0.410 e. The molecule has 126 valence electrons. The highest BCUT2D eigenvalue weighted by molar-refractivity contribution is 5.71. The van der Waals surface area contributed by atoms with Crippen molar-refractivity contribution in [3.8, 4) is 0 Å². The Kier molecular flexibility index (Phi) is 5.29. The minimum Gasteiger partial charge on any atom is -0.469 e. The lowest BCUT2D eigenvalue weighted by Crippen LogP contribution is -2.46. The molecule has 0 saturated carbocycles. The molecule has 1 heterocycles. The largest absolute Gasteiger partial charge is 0.469 e. The van der Waals surface area contributed by atoms with Gasteiger partial charge in [0, 0.05) is 19.0 Å². The molecule has 5 nitrogen and oxygen atoms in total. The van der Waals surface area contributed by atoms with E-state index in [1.807, 2.05) is 39.0 Å². The molecule has 1 aromatic rings. The molecule has 0 radical (unpaired) electrons. The smallest absolute Gasteiger partial charge is 0.410 e. The molecule has 1 amide bonds. The first kappa shape index (κ1) is 17.3. The highest BCUT2D eigenvalue weighted by atomic mass is 16.6. The topological polar surface area (TPSA) is 55.8 Å². The third-order valence-corrected chi connectivity index (χ3v) is 3.89. The van der Waals surface area contributed by atoms with Crippen molar-refractivity contribution in [2.75, 3.05) is 7.11 Å². The molecule has 23 heavy (non-hydrogen) atoms. The van der Waals surface area contributed by atoms with Gasteiger partial charge in [-0.1, -0.05) is 24.3 Å². The Hall–Kier alpha value is -2.04. The van der Waals surface area contributed by atoms with Crippen molar-refractivity contribution in [2.45, 2.75) is 58.2 Å². The summed E-state index contributed by atoms with van der Waals surface area (Å²) in [6.45, 7) is 6.07. The van der Waals surface area contributed by atoms with Crippen LogP contribution in [-0.2, 0) is 27.2 Å². The molecule has 1 aliphatic rings. The summed E-state index contributed by atoms with van der Waals surface area (Å²) in [6, 6.07) is 8.02. The van der Waals surface area contributed by atoms with E-state index in [0.29, 0.717) is 19.4 Å². The number of rotatable bonds is 3. The molecule has 1 aromatic carbocycles. The van der Waals surface area contributed by atoms with Gasteiger partial charge in [0.2, 0.25) is 0 Å². The first-order valence-corrected chi connectivity index (χ1v) is 7.93. The van der Waals surface area contributed by atoms with Crippen molar-refractivity contribution in [3.05, 3.63) is 35.4 Å². The zero-order valence-electron chi connectivity index (χ0n) is 14.3. The summed E-state index contributed by atoms with van der Waals surface area (Å²) in [5, 5.41) is 0. The normalized spacial score (nSPS) is 17.4. The van der Waals surface area contributed by atoms with Gasteiger partial charge in [-0.25, -0.2) is 4.79 Å². The lowest BCUT2D eigenvalue weighted by Gasteiger charge is -2.37. The number of hydrogen-bond acceptors (Lipinski definition) is 4. The Bertz CT molecular complexity index is 577. The Morgan fingerprint density at radius 3 is 2.48 bits per heavy atom. The fourth-order valence-corrected chi connectivity index (χ4v) is 2.77. The number of carbonyl (C=O) groups excluding carboxylic acids is 2. The molecule has 0 bridgehead atoms. The predicted molar refractivity (Wildman–Crippen MR) is 87.0 cm³/mol. The van der Waals surface area contributed by atoms with Gasteiger partial charge in [0.1, 0.15) is 5.60 Å². The second kappa shape index (κ2) is 7.02. The van der Waals surface area contributed by atoms with E-state index in [4.69, 9.17) is 9.47 Å². The molecule has 0 aromatic heterocycles. The summed E-state index contributed by atoms with van der Waals surface area (Å²) in [6.07, 6.45) is 1.26. The van der Waals surface area contributed by atoms with Crippen molar-refractivity contribution < 1.29 is 19.1 Å². The van der Waals surface area contributed by atoms with Crippen LogP contribution in [0.1, 0.15) is 44.7 Å². The van der Waals surface area contributed by atoms with Crippen molar-refractivity contribution in [2.24, 2.45) is 0 Å². The van der Waals surface area contributed by atoms with Crippen LogP contribution < -0.4 is 0 Å². The van der Waals surface area contributed by atoms with Gasteiger partial charge in [0.05, 0.1) is 7.11 Å². The van der Waals surface area contributed by atoms with E-state index < -0.39 is 5.60 Å². The van der Waals surface area contributed by atoms with E-state index in [-0.39, 0.29) is 18.1 Å². The summed E-state index contributed by atoms with van der Waals surface area (Å²) >= 11 is 0. The molecule has 0 spiro atoms. The maximum absolute atomic E-state index is 12.5. The molecule has 1 atom stereocenters. The number of ether oxygens (including phenoxy) is 2. The van der Waals surface area contributed by atoms with Gasteiger partial charge in [0.15, 0.2) is 0 Å². The van der Waals surface area contributed by atoms with Crippen molar-refractivity contribution in [3.63, 3.8) is 0 Å². The highest BCUT2D eigenvalue weighted by Crippen LogP contribution is 2.27. The van der Waals surface area contributed by atoms with E-state index in [1.54, 1.807) is 4.90 Å². The Morgan fingerprint density at radius 1 is 1.22 bits per heavy atom. The maximum atomic E-state index is 12.5. The number of hydrogen-bond donors (Lipinski definition) is 0. The zero-order valence-corrected chi connectivity index (χ0v) is 14.3. The number of amides is 1. The molecule has 0 aliphatic carbocycles. The van der Waals surface area contributed by atoms with E-state index in [1.165, 1.54) is 12.7 Å². The number of carbonyl (C=O) groups is 2. The predicted octanol–water partition coefficient (Wildman–Crippen LogP) is 3.30. The summed E-state index contributed by atoms with van der Waals surface area (Å²) in [7, 11) is 1.38. The second-order valence-corrected chi connectivity index (χ2v) is 6.85. The number of nitrogens with zero attached hydrogens (tertiary/aromatic N) is 1. The van der Waals surface area contributed by atoms with Crippen LogP contribution in [-0.4, -0.2) is 35.7 Å². The highest BCUT2D eigenvalue weighted by Gasteiger charge is 2.32. The van der Waals surface area contributed by atoms with E-state index in [0.717, 1.165) is 12.0 Å².